The van der Waals surface area contributed by atoms with Gasteiger partial charge in [-0.05, 0) is 41.7 Å². The summed E-state index contributed by atoms with van der Waals surface area (Å²) >= 11 is 2.14. The van der Waals surface area contributed by atoms with Crippen LogP contribution in [0.5, 0.6) is 5.88 Å². The number of hydrogen-bond acceptors (Lipinski definition) is 5. The summed E-state index contributed by atoms with van der Waals surface area (Å²) < 4.78 is 13.6. The third-order valence-corrected chi connectivity index (χ3v) is 3.66. The lowest BCUT2D eigenvalue weighted by Gasteiger charge is -2.11. The number of allylic oxidation sites excluding steroid dienone is 3. The molecule has 0 spiro atoms. The van der Waals surface area contributed by atoms with Crippen LogP contribution in [0, 0.1) is 11.3 Å². The minimum absolute atomic E-state index is 0.295. The summed E-state index contributed by atoms with van der Waals surface area (Å²) in [5, 5.41) is 13.2. The first-order chi connectivity index (χ1) is 12.0. The van der Waals surface area contributed by atoms with E-state index in [1.165, 1.54) is 0 Å². The van der Waals surface area contributed by atoms with Crippen LogP contribution < -0.4 is 4.74 Å². The number of ether oxygens (including phenoxy) is 2. The van der Waals surface area contributed by atoms with Crippen LogP contribution in [-0.2, 0) is 4.74 Å². The van der Waals surface area contributed by atoms with Crippen molar-refractivity contribution in [3.8, 4) is 17.8 Å². The van der Waals surface area contributed by atoms with Crippen LogP contribution in [0.15, 0.2) is 64.2 Å². The molecule has 0 unspecified atom stereocenters. The molecule has 0 aliphatic carbocycles. The van der Waals surface area contributed by atoms with Crippen molar-refractivity contribution in [2.24, 2.45) is 0 Å². The fraction of sp³-hybridized carbons (Fsp3) is 0.167. The van der Waals surface area contributed by atoms with Gasteiger partial charge in [0, 0.05) is 27.5 Å². The summed E-state index contributed by atoms with van der Waals surface area (Å²) in [4.78, 5) is 4.23. The summed E-state index contributed by atoms with van der Waals surface area (Å²) in [6, 6.07) is 7.11. The Bertz CT molecular complexity index is 862. The Kier molecular flexibility index (Phi) is 6.77. The van der Waals surface area contributed by atoms with Crippen molar-refractivity contribution in [2.75, 3.05) is 13.7 Å². The first-order valence-electron chi connectivity index (χ1n) is 7.34. The van der Waals surface area contributed by atoms with Gasteiger partial charge in [0.05, 0.1) is 30.7 Å². The van der Waals surface area contributed by atoms with Gasteiger partial charge < -0.3 is 9.47 Å². The Morgan fingerprint density at radius 1 is 1.40 bits per heavy atom. The monoisotopic (exact) mass is 448 g/mol. The zero-order valence-corrected chi connectivity index (χ0v) is 16.1. The maximum Gasteiger partial charge on any atom is 0.218 e. The van der Waals surface area contributed by atoms with Crippen LogP contribution in [0.25, 0.3) is 5.82 Å². The maximum atomic E-state index is 9.02. The number of aromatic nitrogens is 3. The van der Waals surface area contributed by atoms with Crippen molar-refractivity contribution in [3.63, 3.8) is 0 Å². The fourth-order valence-electron chi connectivity index (χ4n) is 1.92. The molecule has 7 heteroatoms. The van der Waals surface area contributed by atoms with Crippen molar-refractivity contribution < 1.29 is 9.47 Å². The normalized spacial score (nSPS) is 11.8. The molecule has 0 saturated heterocycles. The summed E-state index contributed by atoms with van der Waals surface area (Å²) in [6.07, 6.45) is 6.97. The van der Waals surface area contributed by atoms with Gasteiger partial charge in [0.2, 0.25) is 5.88 Å². The molecule has 25 heavy (non-hydrogen) atoms. The molecule has 0 aliphatic heterocycles. The first kappa shape index (κ1) is 18.7. The van der Waals surface area contributed by atoms with Crippen molar-refractivity contribution in [2.45, 2.75) is 6.92 Å². The SMILES string of the molecule is C=C(I)/C=C\C(COc1ccnn1-c1cc(C#N)ccn1)=C(/C)OC. The molecular formula is C18H17IN4O2. The van der Waals surface area contributed by atoms with E-state index in [4.69, 9.17) is 14.7 Å². The Balaban J connectivity index is 2.23. The quantitative estimate of drug-likeness (QED) is 0.365. The standard InChI is InChI=1S/C18H17IN4O2/c1-13(19)4-5-16(14(2)24-3)12-25-18-7-9-22-23(18)17-10-15(11-20)6-8-21-17/h4-10H,1,12H2,2-3H3/b5-4-,16-14-. The van der Waals surface area contributed by atoms with E-state index in [1.54, 1.807) is 42.4 Å². The van der Waals surface area contributed by atoms with Gasteiger partial charge in [-0.25, -0.2) is 4.98 Å². The van der Waals surface area contributed by atoms with Gasteiger partial charge >= 0.3 is 0 Å². The molecule has 0 amide bonds. The lowest BCUT2D eigenvalue weighted by molar-refractivity contribution is 0.274. The number of hydrogen-bond donors (Lipinski definition) is 0. The fourth-order valence-corrected chi connectivity index (χ4v) is 2.10. The lowest BCUT2D eigenvalue weighted by atomic mass is 10.2. The third kappa shape index (κ3) is 5.19. The highest BCUT2D eigenvalue weighted by Crippen LogP contribution is 2.18. The van der Waals surface area contributed by atoms with E-state index < -0.39 is 0 Å². The lowest BCUT2D eigenvalue weighted by Crippen LogP contribution is -2.08. The van der Waals surface area contributed by atoms with Crippen LogP contribution in [0.2, 0.25) is 0 Å². The first-order valence-corrected chi connectivity index (χ1v) is 8.42. The highest BCUT2D eigenvalue weighted by Gasteiger charge is 2.10. The van der Waals surface area contributed by atoms with Crippen LogP contribution in [-0.4, -0.2) is 28.5 Å². The van der Waals surface area contributed by atoms with Crippen molar-refractivity contribution in [1.29, 1.82) is 5.26 Å². The molecule has 0 saturated carbocycles. The zero-order valence-electron chi connectivity index (χ0n) is 13.9. The highest BCUT2D eigenvalue weighted by atomic mass is 127. The minimum atomic E-state index is 0.295. The predicted octanol–water partition coefficient (Wildman–Crippen LogP) is 3.94. The molecule has 0 atom stereocenters. The second-order valence-corrected chi connectivity index (χ2v) is 6.34. The smallest absolute Gasteiger partial charge is 0.218 e. The summed E-state index contributed by atoms with van der Waals surface area (Å²) in [5.74, 6) is 1.79. The van der Waals surface area contributed by atoms with Crippen molar-refractivity contribution in [3.05, 3.63) is 69.8 Å². The molecule has 0 bridgehead atoms. The Hall–Kier alpha value is -2.60. The van der Waals surface area contributed by atoms with Gasteiger partial charge in [-0.15, -0.1) is 0 Å². The number of pyridine rings is 1. The number of halogens is 1. The van der Waals surface area contributed by atoms with E-state index in [9.17, 15) is 0 Å². The zero-order chi connectivity index (χ0) is 18.2. The molecule has 2 aromatic rings. The van der Waals surface area contributed by atoms with Crippen LogP contribution in [0.4, 0.5) is 0 Å². The number of nitriles is 1. The highest BCUT2D eigenvalue weighted by molar-refractivity contribution is 14.1. The number of nitrogens with zero attached hydrogens (tertiary/aromatic N) is 4. The summed E-state index contributed by atoms with van der Waals surface area (Å²) in [6.45, 7) is 6.00. The van der Waals surface area contributed by atoms with E-state index in [0.29, 0.717) is 23.9 Å². The van der Waals surface area contributed by atoms with Crippen LogP contribution in [0.3, 0.4) is 0 Å². The van der Waals surface area contributed by atoms with Gasteiger partial charge in [-0.1, -0.05) is 12.7 Å². The Morgan fingerprint density at radius 2 is 2.20 bits per heavy atom. The molecule has 0 radical (unpaired) electrons. The minimum Gasteiger partial charge on any atom is -0.501 e. The molecule has 128 valence electrons. The van der Waals surface area contributed by atoms with E-state index in [0.717, 1.165) is 14.9 Å². The number of rotatable bonds is 7. The van der Waals surface area contributed by atoms with Crippen LogP contribution >= 0.6 is 22.6 Å². The molecule has 6 nitrogen and oxygen atoms in total. The average Bonchev–Trinajstić information content (AvgIpc) is 3.09. The molecule has 0 N–H and O–H groups in total. The van der Waals surface area contributed by atoms with Crippen molar-refractivity contribution >= 4 is 22.6 Å². The topological polar surface area (TPSA) is 73.0 Å². The molecule has 2 heterocycles. The molecule has 2 rings (SSSR count). The summed E-state index contributed by atoms with van der Waals surface area (Å²) in [5.41, 5.74) is 1.39. The predicted molar refractivity (Wildman–Crippen MR) is 104 cm³/mol. The van der Waals surface area contributed by atoms with Gasteiger partial charge in [0.15, 0.2) is 5.82 Å². The second kappa shape index (κ2) is 9.03. The van der Waals surface area contributed by atoms with Gasteiger partial charge in [-0.2, -0.15) is 15.0 Å². The Morgan fingerprint density at radius 3 is 2.88 bits per heavy atom. The molecule has 0 fully saturated rings. The van der Waals surface area contributed by atoms with E-state index in [-0.39, 0.29) is 0 Å². The molecule has 2 aromatic heterocycles. The third-order valence-electron chi connectivity index (χ3n) is 3.30. The number of methoxy groups -OCH3 is 1. The van der Waals surface area contributed by atoms with Gasteiger partial charge in [-0.3, -0.25) is 0 Å². The largest absolute Gasteiger partial charge is 0.501 e. The molecular weight excluding hydrogens is 431 g/mol. The second-order valence-electron chi connectivity index (χ2n) is 4.95. The molecule has 0 aliphatic rings. The average molecular weight is 448 g/mol. The van der Waals surface area contributed by atoms with E-state index >= 15 is 0 Å². The van der Waals surface area contributed by atoms with E-state index in [1.807, 2.05) is 19.1 Å². The van der Waals surface area contributed by atoms with E-state index in [2.05, 4.69) is 45.3 Å². The Labute approximate surface area is 160 Å². The summed E-state index contributed by atoms with van der Waals surface area (Å²) in [7, 11) is 1.61. The van der Waals surface area contributed by atoms with Gasteiger partial charge in [0.25, 0.3) is 0 Å². The van der Waals surface area contributed by atoms with Crippen LogP contribution in [0.1, 0.15) is 12.5 Å². The van der Waals surface area contributed by atoms with Gasteiger partial charge in [0.1, 0.15) is 6.61 Å². The maximum absolute atomic E-state index is 9.02. The molecule has 0 aromatic carbocycles. The van der Waals surface area contributed by atoms with Crippen molar-refractivity contribution in [1.82, 2.24) is 14.8 Å².